The Hall–Kier alpha value is -2.37. The Kier molecular flexibility index (Phi) is 4.55. The number of imide groups is 1. The van der Waals surface area contributed by atoms with E-state index in [1.165, 1.54) is 0 Å². The minimum absolute atomic E-state index is 0.273. The molecule has 2 fully saturated rings. The molecule has 0 spiro atoms. The second kappa shape index (κ2) is 6.63. The highest BCUT2D eigenvalue weighted by Crippen LogP contribution is 2.32. The zero-order valence-electron chi connectivity index (χ0n) is 13.9. The van der Waals surface area contributed by atoms with Crippen LogP contribution in [0.5, 0.6) is 0 Å². The molecule has 1 heterocycles. The predicted octanol–water partition coefficient (Wildman–Crippen LogP) is 2.46. The van der Waals surface area contributed by atoms with Crippen LogP contribution < -0.4 is 10.7 Å². The highest BCUT2D eigenvalue weighted by atomic mass is 16.2. The van der Waals surface area contributed by atoms with Crippen molar-refractivity contribution in [2.45, 2.75) is 51.0 Å². The van der Waals surface area contributed by atoms with Gasteiger partial charge in [0.15, 0.2) is 0 Å². The maximum atomic E-state index is 12.9. The lowest BCUT2D eigenvalue weighted by Crippen LogP contribution is -2.48. The summed E-state index contributed by atoms with van der Waals surface area (Å²) < 4.78 is 0. The third kappa shape index (κ3) is 2.88. The molecule has 24 heavy (non-hydrogen) atoms. The van der Waals surface area contributed by atoms with Crippen molar-refractivity contribution in [2.24, 2.45) is 5.92 Å². The first-order valence-electron chi connectivity index (χ1n) is 8.58. The molecule has 1 aromatic carbocycles. The van der Waals surface area contributed by atoms with Crippen LogP contribution in [0.3, 0.4) is 0 Å². The summed E-state index contributed by atoms with van der Waals surface area (Å²) >= 11 is 0. The maximum absolute atomic E-state index is 12.9. The first kappa shape index (κ1) is 16.5. The highest BCUT2D eigenvalue weighted by Gasteiger charge is 2.52. The molecule has 1 saturated carbocycles. The van der Waals surface area contributed by atoms with Gasteiger partial charge in [-0.3, -0.25) is 15.0 Å². The summed E-state index contributed by atoms with van der Waals surface area (Å²) in [5.41, 5.74) is 2.11. The van der Waals surface area contributed by atoms with Crippen LogP contribution in [0, 0.1) is 5.92 Å². The smallest absolute Gasteiger partial charge is 0.318 e. The van der Waals surface area contributed by atoms with Gasteiger partial charge in [0.25, 0.3) is 5.91 Å². The standard InChI is InChI=1S/C18H23N3O3/c1-2-18(14-10-4-3-5-11-14)16(23)21(17(24)19-18)20-15(22)12-13-8-6-7-9-13/h3-5,10-11,13H,2,6-9,12H2,1H3,(H,19,24)(H,20,22)/t18-/m0/s1. The van der Waals surface area contributed by atoms with Gasteiger partial charge in [-0.1, -0.05) is 50.1 Å². The number of rotatable bonds is 5. The number of carbonyl (C=O) groups is 3. The average Bonchev–Trinajstić information content (AvgIpc) is 3.18. The van der Waals surface area contributed by atoms with E-state index in [0.717, 1.165) is 36.3 Å². The summed E-state index contributed by atoms with van der Waals surface area (Å²) in [6.07, 6.45) is 5.15. The molecule has 0 bridgehead atoms. The number of hydrogen-bond donors (Lipinski definition) is 2. The van der Waals surface area contributed by atoms with Crippen LogP contribution in [-0.2, 0) is 15.1 Å². The van der Waals surface area contributed by atoms with E-state index in [1.807, 2.05) is 37.3 Å². The molecule has 2 N–H and O–H groups in total. The van der Waals surface area contributed by atoms with Crippen molar-refractivity contribution in [3.8, 4) is 0 Å². The molecule has 1 aromatic rings. The number of carbonyl (C=O) groups excluding carboxylic acids is 3. The normalized spacial score (nSPS) is 24.3. The summed E-state index contributed by atoms with van der Waals surface area (Å²) in [6, 6.07) is 8.55. The third-order valence-electron chi connectivity index (χ3n) is 5.07. The third-order valence-corrected chi connectivity index (χ3v) is 5.07. The number of hydrogen-bond acceptors (Lipinski definition) is 3. The lowest BCUT2D eigenvalue weighted by atomic mass is 9.87. The first-order valence-corrected chi connectivity index (χ1v) is 8.58. The summed E-state index contributed by atoms with van der Waals surface area (Å²) in [5, 5.41) is 3.60. The van der Waals surface area contributed by atoms with Crippen LogP contribution in [0.4, 0.5) is 4.79 Å². The van der Waals surface area contributed by atoms with Crippen molar-refractivity contribution in [3.63, 3.8) is 0 Å². The molecule has 0 unspecified atom stereocenters. The lowest BCUT2D eigenvalue weighted by molar-refractivity contribution is -0.139. The zero-order chi connectivity index (χ0) is 17.2. The number of nitrogens with one attached hydrogen (secondary N) is 2. The number of nitrogens with zero attached hydrogens (tertiary/aromatic N) is 1. The molecule has 4 amide bonds. The molecule has 1 atom stereocenters. The average molecular weight is 329 g/mol. The molecule has 128 valence electrons. The molecule has 1 aliphatic carbocycles. The minimum Gasteiger partial charge on any atom is -0.318 e. The van der Waals surface area contributed by atoms with Crippen molar-refractivity contribution < 1.29 is 14.4 Å². The van der Waals surface area contributed by atoms with E-state index >= 15 is 0 Å². The van der Waals surface area contributed by atoms with Gasteiger partial charge >= 0.3 is 6.03 Å². The molecule has 0 aromatic heterocycles. The van der Waals surface area contributed by atoms with E-state index in [-0.39, 0.29) is 5.91 Å². The van der Waals surface area contributed by atoms with Crippen LogP contribution in [0.25, 0.3) is 0 Å². The second-order valence-corrected chi connectivity index (χ2v) is 6.59. The van der Waals surface area contributed by atoms with Gasteiger partial charge in [-0.15, -0.1) is 0 Å². The second-order valence-electron chi connectivity index (χ2n) is 6.59. The fourth-order valence-corrected chi connectivity index (χ4v) is 3.69. The Morgan fingerprint density at radius 1 is 1.25 bits per heavy atom. The molecule has 3 rings (SSSR count). The molecule has 2 aliphatic rings. The molecule has 1 saturated heterocycles. The van der Waals surface area contributed by atoms with Crippen molar-refractivity contribution in [2.75, 3.05) is 0 Å². The maximum Gasteiger partial charge on any atom is 0.344 e. The largest absolute Gasteiger partial charge is 0.344 e. The zero-order valence-corrected chi connectivity index (χ0v) is 13.9. The minimum atomic E-state index is -1.11. The van der Waals surface area contributed by atoms with Gasteiger partial charge in [0, 0.05) is 6.42 Å². The Morgan fingerprint density at radius 2 is 1.92 bits per heavy atom. The number of urea groups is 1. The monoisotopic (exact) mass is 329 g/mol. The SMILES string of the molecule is CC[C@@]1(c2ccccc2)NC(=O)N(NC(=O)CC2CCCC2)C1=O. The molecule has 6 heteroatoms. The topological polar surface area (TPSA) is 78.5 Å². The van der Waals surface area contributed by atoms with Gasteiger partial charge in [-0.2, -0.15) is 5.01 Å². The van der Waals surface area contributed by atoms with Crippen molar-refractivity contribution >= 4 is 17.8 Å². The van der Waals surface area contributed by atoms with Gasteiger partial charge in [-0.25, -0.2) is 4.79 Å². The Morgan fingerprint density at radius 3 is 2.54 bits per heavy atom. The summed E-state index contributed by atoms with van der Waals surface area (Å²) in [4.78, 5) is 37.4. The fraction of sp³-hybridized carbons (Fsp3) is 0.500. The molecular weight excluding hydrogens is 306 g/mol. The molecule has 1 aliphatic heterocycles. The highest BCUT2D eigenvalue weighted by molar-refractivity contribution is 6.08. The predicted molar refractivity (Wildman–Crippen MR) is 88.5 cm³/mol. The van der Waals surface area contributed by atoms with E-state index in [1.54, 1.807) is 0 Å². The summed E-state index contributed by atoms with van der Waals surface area (Å²) in [6.45, 7) is 1.84. The molecule has 0 radical (unpaired) electrons. The van der Waals surface area contributed by atoms with Gasteiger partial charge in [0.1, 0.15) is 5.54 Å². The Bertz CT molecular complexity index is 640. The lowest BCUT2D eigenvalue weighted by Gasteiger charge is -2.25. The Balaban J connectivity index is 1.74. The van der Waals surface area contributed by atoms with E-state index in [9.17, 15) is 14.4 Å². The van der Waals surface area contributed by atoms with Crippen LogP contribution in [0.15, 0.2) is 30.3 Å². The fourth-order valence-electron chi connectivity index (χ4n) is 3.69. The van der Waals surface area contributed by atoms with Crippen molar-refractivity contribution in [1.29, 1.82) is 0 Å². The van der Waals surface area contributed by atoms with E-state index in [0.29, 0.717) is 18.8 Å². The first-order chi connectivity index (χ1) is 11.6. The van der Waals surface area contributed by atoms with E-state index < -0.39 is 17.5 Å². The Labute approximate surface area is 141 Å². The molecular formula is C18H23N3O3. The summed E-state index contributed by atoms with van der Waals surface area (Å²) in [5.74, 6) is -0.345. The van der Waals surface area contributed by atoms with Gasteiger partial charge in [0.05, 0.1) is 0 Å². The van der Waals surface area contributed by atoms with Crippen molar-refractivity contribution in [3.05, 3.63) is 35.9 Å². The van der Waals surface area contributed by atoms with E-state index in [4.69, 9.17) is 0 Å². The number of amides is 4. The number of hydrazine groups is 1. The quantitative estimate of drug-likeness (QED) is 0.815. The van der Waals surface area contributed by atoms with E-state index in [2.05, 4.69) is 10.7 Å². The molecule has 6 nitrogen and oxygen atoms in total. The van der Waals surface area contributed by atoms with Crippen LogP contribution >= 0.6 is 0 Å². The van der Waals surface area contributed by atoms with Gasteiger partial charge < -0.3 is 5.32 Å². The van der Waals surface area contributed by atoms with Gasteiger partial charge in [0.2, 0.25) is 5.91 Å². The van der Waals surface area contributed by atoms with Crippen LogP contribution in [0.1, 0.15) is 51.0 Å². The van der Waals surface area contributed by atoms with Crippen LogP contribution in [-0.4, -0.2) is 22.9 Å². The van der Waals surface area contributed by atoms with Crippen molar-refractivity contribution in [1.82, 2.24) is 15.8 Å². The number of benzene rings is 1. The van der Waals surface area contributed by atoms with Crippen LogP contribution in [0.2, 0.25) is 0 Å². The summed E-state index contributed by atoms with van der Waals surface area (Å²) in [7, 11) is 0. The van der Waals surface area contributed by atoms with Gasteiger partial charge in [-0.05, 0) is 30.7 Å².